The van der Waals surface area contributed by atoms with Gasteiger partial charge >= 0.3 is 0 Å². The van der Waals surface area contributed by atoms with E-state index in [0.29, 0.717) is 6.42 Å². The number of hydrogen-bond acceptors (Lipinski definition) is 1. The molecule has 2 rings (SSSR count). The number of hydrogen-bond donors (Lipinski definition) is 1. The van der Waals surface area contributed by atoms with Crippen molar-refractivity contribution < 1.29 is 9.48 Å². The maximum Gasteiger partial charge on any atom is 0.281 e. The van der Waals surface area contributed by atoms with Crippen molar-refractivity contribution in [2.75, 3.05) is 0 Å². The molecule has 0 unspecified atom stereocenters. The molecular weight excluding hydrogens is 224 g/mol. The molecule has 1 aliphatic heterocycles. The SMILES string of the molecule is Cc1cc(C)c(/C=[N+]2\NC(=O)CC2(C)C)c(C)c1. The zero-order valence-electron chi connectivity index (χ0n) is 11.8. The van der Waals surface area contributed by atoms with Crippen LogP contribution in [0.2, 0.25) is 0 Å². The quantitative estimate of drug-likeness (QED) is 0.756. The largest absolute Gasteiger partial charge is 0.281 e. The molecule has 1 aliphatic rings. The summed E-state index contributed by atoms with van der Waals surface area (Å²) in [6.07, 6.45) is 2.59. The minimum atomic E-state index is -0.166. The van der Waals surface area contributed by atoms with Crippen LogP contribution in [0.3, 0.4) is 0 Å². The average molecular weight is 245 g/mol. The molecule has 3 nitrogen and oxygen atoms in total. The van der Waals surface area contributed by atoms with Crippen molar-refractivity contribution in [2.45, 2.75) is 46.6 Å². The number of nitrogens with zero attached hydrogens (tertiary/aromatic N) is 1. The van der Waals surface area contributed by atoms with Gasteiger partial charge in [-0.3, -0.25) is 4.79 Å². The summed E-state index contributed by atoms with van der Waals surface area (Å²) in [7, 11) is 0. The number of nitrogens with one attached hydrogen (secondary N) is 1. The van der Waals surface area contributed by atoms with Gasteiger partial charge in [0, 0.05) is 19.4 Å². The molecular formula is C15H21N2O+. The van der Waals surface area contributed by atoms with Crippen LogP contribution >= 0.6 is 0 Å². The van der Waals surface area contributed by atoms with Gasteiger partial charge < -0.3 is 0 Å². The summed E-state index contributed by atoms with van der Waals surface area (Å²) in [6, 6.07) is 4.34. The second kappa shape index (κ2) is 4.23. The summed E-state index contributed by atoms with van der Waals surface area (Å²) in [4.78, 5) is 11.5. The van der Waals surface area contributed by atoms with Gasteiger partial charge in [0.05, 0.1) is 6.42 Å². The highest BCUT2D eigenvalue weighted by Gasteiger charge is 2.42. The van der Waals surface area contributed by atoms with Crippen molar-refractivity contribution in [3.8, 4) is 0 Å². The van der Waals surface area contributed by atoms with Gasteiger partial charge in [0.25, 0.3) is 5.91 Å². The van der Waals surface area contributed by atoms with Gasteiger partial charge in [-0.1, -0.05) is 17.7 Å². The van der Waals surface area contributed by atoms with Crippen LogP contribution in [0.5, 0.6) is 0 Å². The number of aryl methyl sites for hydroxylation is 3. The van der Waals surface area contributed by atoms with Crippen LogP contribution in [0, 0.1) is 20.8 Å². The van der Waals surface area contributed by atoms with E-state index in [0.717, 1.165) is 0 Å². The first-order chi connectivity index (χ1) is 8.29. The predicted molar refractivity (Wildman–Crippen MR) is 72.9 cm³/mol. The maximum absolute atomic E-state index is 11.5. The van der Waals surface area contributed by atoms with Crippen LogP contribution in [-0.4, -0.2) is 22.3 Å². The Morgan fingerprint density at radius 2 is 1.78 bits per heavy atom. The van der Waals surface area contributed by atoms with Crippen molar-refractivity contribution >= 4 is 12.1 Å². The molecule has 0 bridgehead atoms. The summed E-state index contributed by atoms with van der Waals surface area (Å²) >= 11 is 0. The minimum absolute atomic E-state index is 0.0821. The van der Waals surface area contributed by atoms with Crippen LogP contribution in [0.25, 0.3) is 0 Å². The van der Waals surface area contributed by atoms with E-state index in [-0.39, 0.29) is 11.4 Å². The summed E-state index contributed by atoms with van der Waals surface area (Å²) in [6.45, 7) is 10.5. The number of amides is 1. The monoisotopic (exact) mass is 245 g/mol. The number of rotatable bonds is 1. The van der Waals surface area contributed by atoms with Crippen LogP contribution in [-0.2, 0) is 4.79 Å². The van der Waals surface area contributed by atoms with Crippen molar-refractivity contribution in [3.05, 3.63) is 34.4 Å². The molecule has 0 aromatic heterocycles. The number of benzene rings is 1. The van der Waals surface area contributed by atoms with Gasteiger partial charge in [0.15, 0.2) is 5.54 Å². The first-order valence-corrected chi connectivity index (χ1v) is 6.31. The molecule has 1 amide bonds. The van der Waals surface area contributed by atoms with Gasteiger partial charge in [0.1, 0.15) is 0 Å². The third-order valence-corrected chi connectivity index (χ3v) is 3.49. The Labute approximate surface area is 108 Å². The van der Waals surface area contributed by atoms with Crippen molar-refractivity contribution in [1.29, 1.82) is 0 Å². The van der Waals surface area contributed by atoms with Crippen molar-refractivity contribution in [3.63, 3.8) is 0 Å². The highest BCUT2D eigenvalue weighted by Crippen LogP contribution is 2.20. The lowest BCUT2D eigenvalue weighted by Gasteiger charge is -2.12. The molecule has 1 aromatic carbocycles. The zero-order valence-corrected chi connectivity index (χ0v) is 11.8. The van der Waals surface area contributed by atoms with E-state index in [2.05, 4.69) is 58.4 Å². The molecule has 3 heteroatoms. The third-order valence-electron chi connectivity index (χ3n) is 3.49. The van der Waals surface area contributed by atoms with Crippen LogP contribution in [0.1, 0.15) is 42.5 Å². The minimum Gasteiger partial charge on any atom is -0.269 e. The number of carbonyl (C=O) groups is 1. The van der Waals surface area contributed by atoms with Gasteiger partial charge in [0.2, 0.25) is 6.21 Å². The van der Waals surface area contributed by atoms with Gasteiger partial charge in [-0.25, -0.2) is 0 Å². The Bertz CT molecular complexity index is 518. The fraction of sp³-hybridized carbons (Fsp3) is 0.467. The lowest BCUT2D eigenvalue weighted by atomic mass is 9.99. The van der Waals surface area contributed by atoms with E-state index in [4.69, 9.17) is 0 Å². The Balaban J connectivity index is 2.49. The second-order valence-corrected chi connectivity index (χ2v) is 5.84. The summed E-state index contributed by atoms with van der Waals surface area (Å²) in [5.74, 6) is 0.0821. The fourth-order valence-electron chi connectivity index (χ4n) is 2.53. The van der Waals surface area contributed by atoms with Crippen LogP contribution in [0.4, 0.5) is 0 Å². The van der Waals surface area contributed by atoms with Crippen molar-refractivity contribution in [2.24, 2.45) is 0 Å². The lowest BCUT2D eigenvalue weighted by Crippen LogP contribution is -2.36. The predicted octanol–water partition coefficient (Wildman–Crippen LogP) is 2.26. The summed E-state index contributed by atoms with van der Waals surface area (Å²) < 4.78 is 1.93. The first kappa shape index (κ1) is 12.8. The third kappa shape index (κ3) is 2.30. The molecule has 0 atom stereocenters. The lowest BCUT2D eigenvalue weighted by molar-refractivity contribution is -0.620. The normalized spacial score (nSPS) is 20.3. The first-order valence-electron chi connectivity index (χ1n) is 6.31. The standard InChI is InChI=1S/C15H20N2O/c1-10-6-11(2)13(12(3)7-10)9-17-15(4,5)8-14(18)16-17/h6-7,9H,8H2,1-5H3/p+1/b17-9-. The van der Waals surface area contributed by atoms with E-state index in [1.807, 2.05) is 4.68 Å². The van der Waals surface area contributed by atoms with E-state index in [1.165, 1.54) is 22.3 Å². The summed E-state index contributed by atoms with van der Waals surface area (Å²) in [5, 5.41) is 0. The second-order valence-electron chi connectivity index (χ2n) is 5.84. The van der Waals surface area contributed by atoms with E-state index >= 15 is 0 Å². The Hall–Kier alpha value is -1.64. The van der Waals surface area contributed by atoms with Gasteiger partial charge in [-0.2, -0.15) is 0 Å². The maximum atomic E-state index is 11.5. The molecule has 0 aliphatic carbocycles. The molecule has 1 aromatic rings. The zero-order chi connectivity index (χ0) is 13.5. The molecule has 0 spiro atoms. The van der Waals surface area contributed by atoms with Gasteiger partial charge in [-0.05, 0) is 31.9 Å². The fourth-order valence-corrected chi connectivity index (χ4v) is 2.53. The van der Waals surface area contributed by atoms with Crippen LogP contribution < -0.4 is 5.43 Å². The van der Waals surface area contributed by atoms with E-state index < -0.39 is 0 Å². The molecule has 0 radical (unpaired) electrons. The Morgan fingerprint density at radius 3 is 2.22 bits per heavy atom. The highest BCUT2D eigenvalue weighted by molar-refractivity contribution is 5.83. The molecule has 1 saturated heterocycles. The number of hydrazone groups is 1. The Morgan fingerprint density at radius 1 is 1.22 bits per heavy atom. The number of carbonyl (C=O) groups excluding carboxylic acids is 1. The van der Waals surface area contributed by atoms with Crippen molar-refractivity contribution in [1.82, 2.24) is 5.43 Å². The average Bonchev–Trinajstić information content (AvgIpc) is 2.45. The molecule has 1 fully saturated rings. The molecule has 18 heavy (non-hydrogen) atoms. The van der Waals surface area contributed by atoms with E-state index in [9.17, 15) is 4.79 Å². The number of hydrazine groups is 1. The molecule has 1 heterocycles. The smallest absolute Gasteiger partial charge is 0.269 e. The Kier molecular flexibility index (Phi) is 3.01. The highest BCUT2D eigenvalue weighted by atomic mass is 16.2. The van der Waals surface area contributed by atoms with E-state index in [1.54, 1.807) is 0 Å². The molecule has 96 valence electrons. The molecule has 0 saturated carbocycles. The topological polar surface area (TPSA) is 32.1 Å². The van der Waals surface area contributed by atoms with Crippen LogP contribution in [0.15, 0.2) is 12.1 Å². The van der Waals surface area contributed by atoms with Gasteiger partial charge in [-0.15, -0.1) is 10.1 Å². The summed E-state index contributed by atoms with van der Waals surface area (Å²) in [5.41, 5.74) is 7.68. The molecule has 1 N–H and O–H groups in total.